The molecule has 2 heterocycles. The van der Waals surface area contributed by atoms with Crippen LogP contribution in [-0.2, 0) is 22.4 Å². The lowest BCUT2D eigenvalue weighted by molar-refractivity contribution is -0.182. The van der Waals surface area contributed by atoms with E-state index in [1.807, 2.05) is 11.6 Å². The normalized spacial score (nSPS) is 16.3. The number of halogens is 2. The summed E-state index contributed by atoms with van der Waals surface area (Å²) in [7, 11) is 0. The van der Waals surface area contributed by atoms with E-state index in [4.69, 9.17) is 9.47 Å². The SMILES string of the molecule is CCc1nn(CCC2OCCCO2)c2ccc(OC(F)F)cc12. The minimum absolute atomic E-state index is 0.153. The van der Waals surface area contributed by atoms with Crippen LogP contribution in [0.15, 0.2) is 18.2 Å². The zero-order valence-corrected chi connectivity index (χ0v) is 13.0. The van der Waals surface area contributed by atoms with Crippen molar-refractivity contribution in [2.24, 2.45) is 0 Å². The molecule has 0 saturated carbocycles. The Labute approximate surface area is 133 Å². The molecule has 23 heavy (non-hydrogen) atoms. The first-order valence-electron chi connectivity index (χ1n) is 7.85. The number of hydrogen-bond donors (Lipinski definition) is 0. The van der Waals surface area contributed by atoms with Gasteiger partial charge in [0.15, 0.2) is 6.29 Å². The van der Waals surface area contributed by atoms with E-state index in [0.29, 0.717) is 13.0 Å². The lowest BCUT2D eigenvalue weighted by Gasteiger charge is -2.23. The van der Waals surface area contributed by atoms with Gasteiger partial charge in [0.2, 0.25) is 0 Å². The molecule has 0 spiro atoms. The molecular weight excluding hydrogens is 306 g/mol. The zero-order chi connectivity index (χ0) is 16.2. The maximum absolute atomic E-state index is 12.4. The molecule has 0 amide bonds. The number of ether oxygens (including phenoxy) is 3. The van der Waals surface area contributed by atoms with E-state index in [2.05, 4.69) is 9.84 Å². The first-order valence-corrected chi connectivity index (χ1v) is 7.85. The van der Waals surface area contributed by atoms with E-state index in [1.165, 1.54) is 0 Å². The smallest absolute Gasteiger partial charge is 0.387 e. The second kappa shape index (κ2) is 7.23. The van der Waals surface area contributed by atoms with Crippen LogP contribution in [0.3, 0.4) is 0 Å². The Morgan fingerprint density at radius 3 is 2.83 bits per heavy atom. The number of benzene rings is 1. The standard InChI is InChI=1S/C16H20F2N2O3/c1-2-13-12-10-11(23-16(17)18)4-5-14(12)20(19-13)7-6-15-21-8-3-9-22-15/h4-5,10,15-16H,2-3,6-9H2,1H3. The predicted octanol–water partition coefficient (Wildman–Crippen LogP) is 3.35. The van der Waals surface area contributed by atoms with Gasteiger partial charge in [-0.3, -0.25) is 4.68 Å². The molecule has 0 bridgehead atoms. The second-order valence-corrected chi connectivity index (χ2v) is 5.39. The molecule has 3 rings (SSSR count). The highest BCUT2D eigenvalue weighted by molar-refractivity contribution is 5.83. The maximum atomic E-state index is 12.4. The molecule has 1 fully saturated rings. The fraction of sp³-hybridized carbons (Fsp3) is 0.562. The summed E-state index contributed by atoms with van der Waals surface area (Å²) in [4.78, 5) is 0. The zero-order valence-electron chi connectivity index (χ0n) is 13.0. The molecule has 0 radical (unpaired) electrons. The van der Waals surface area contributed by atoms with Crippen molar-refractivity contribution in [1.82, 2.24) is 9.78 Å². The van der Waals surface area contributed by atoms with Gasteiger partial charge in [0.1, 0.15) is 5.75 Å². The van der Waals surface area contributed by atoms with Gasteiger partial charge < -0.3 is 14.2 Å². The molecule has 2 aromatic rings. The Balaban J connectivity index is 1.79. The van der Waals surface area contributed by atoms with E-state index in [1.54, 1.807) is 18.2 Å². The molecule has 5 nitrogen and oxygen atoms in total. The largest absolute Gasteiger partial charge is 0.435 e. The lowest BCUT2D eigenvalue weighted by Crippen LogP contribution is -2.26. The van der Waals surface area contributed by atoms with Crippen LogP contribution in [-0.4, -0.2) is 35.9 Å². The summed E-state index contributed by atoms with van der Waals surface area (Å²) in [5, 5.41) is 5.42. The molecule has 1 aliphatic rings. The summed E-state index contributed by atoms with van der Waals surface area (Å²) >= 11 is 0. The lowest BCUT2D eigenvalue weighted by atomic mass is 10.1. The predicted molar refractivity (Wildman–Crippen MR) is 80.7 cm³/mol. The van der Waals surface area contributed by atoms with Crippen molar-refractivity contribution >= 4 is 10.9 Å². The molecule has 1 aliphatic heterocycles. The molecule has 0 atom stereocenters. The highest BCUT2D eigenvalue weighted by Gasteiger charge is 2.16. The minimum atomic E-state index is -2.83. The van der Waals surface area contributed by atoms with E-state index in [9.17, 15) is 8.78 Å². The molecule has 1 saturated heterocycles. The maximum Gasteiger partial charge on any atom is 0.387 e. The van der Waals surface area contributed by atoms with Crippen molar-refractivity contribution < 1.29 is 23.0 Å². The van der Waals surface area contributed by atoms with Gasteiger partial charge in [0.05, 0.1) is 24.4 Å². The summed E-state index contributed by atoms with van der Waals surface area (Å²) in [6, 6.07) is 4.93. The Hall–Kier alpha value is -1.73. The quantitative estimate of drug-likeness (QED) is 0.817. The summed E-state index contributed by atoms with van der Waals surface area (Å²) < 4.78 is 42.2. The Morgan fingerprint density at radius 2 is 2.13 bits per heavy atom. The Kier molecular flexibility index (Phi) is 5.07. The van der Waals surface area contributed by atoms with Crippen LogP contribution in [0.5, 0.6) is 5.75 Å². The molecule has 7 heteroatoms. The summed E-state index contributed by atoms with van der Waals surface area (Å²) in [5.41, 5.74) is 1.77. The van der Waals surface area contributed by atoms with E-state index < -0.39 is 6.61 Å². The topological polar surface area (TPSA) is 45.5 Å². The molecule has 0 aliphatic carbocycles. The van der Waals surface area contributed by atoms with Gasteiger partial charge in [-0.1, -0.05) is 6.92 Å². The van der Waals surface area contributed by atoms with Crippen molar-refractivity contribution in [2.75, 3.05) is 13.2 Å². The van der Waals surface area contributed by atoms with Gasteiger partial charge in [0.25, 0.3) is 0 Å². The van der Waals surface area contributed by atoms with Gasteiger partial charge in [0, 0.05) is 18.4 Å². The molecule has 0 N–H and O–H groups in total. The van der Waals surface area contributed by atoms with Gasteiger partial charge in [-0.05, 0) is 31.0 Å². The van der Waals surface area contributed by atoms with Gasteiger partial charge in [-0.25, -0.2) is 0 Å². The Morgan fingerprint density at radius 1 is 1.35 bits per heavy atom. The van der Waals surface area contributed by atoms with Crippen molar-refractivity contribution in [2.45, 2.75) is 45.6 Å². The Bertz CT molecular complexity index is 654. The molecule has 0 unspecified atom stereocenters. The molecule has 1 aromatic heterocycles. The number of aromatic nitrogens is 2. The molecule has 1 aromatic carbocycles. The summed E-state index contributed by atoms with van der Waals surface area (Å²) in [5.74, 6) is 0.153. The third-order valence-electron chi connectivity index (χ3n) is 3.83. The first-order chi connectivity index (χ1) is 11.2. The van der Waals surface area contributed by atoms with Crippen LogP contribution < -0.4 is 4.74 Å². The highest BCUT2D eigenvalue weighted by Crippen LogP contribution is 2.26. The number of nitrogens with zero attached hydrogens (tertiary/aromatic N) is 2. The highest BCUT2D eigenvalue weighted by atomic mass is 19.3. The van der Waals surface area contributed by atoms with Gasteiger partial charge in [-0.15, -0.1) is 0 Å². The third-order valence-corrected chi connectivity index (χ3v) is 3.83. The monoisotopic (exact) mass is 326 g/mol. The van der Waals surface area contributed by atoms with Crippen LogP contribution in [0.2, 0.25) is 0 Å². The van der Waals surface area contributed by atoms with Crippen molar-refractivity contribution in [3.05, 3.63) is 23.9 Å². The summed E-state index contributed by atoms with van der Waals surface area (Å²) in [6.07, 6.45) is 2.15. The number of fused-ring (bicyclic) bond motifs is 1. The molecular formula is C16H20F2N2O3. The molecule has 126 valence electrons. The summed E-state index contributed by atoms with van der Waals surface area (Å²) in [6.45, 7) is 1.25. The van der Waals surface area contributed by atoms with E-state index >= 15 is 0 Å². The van der Waals surface area contributed by atoms with E-state index in [-0.39, 0.29) is 12.0 Å². The fourth-order valence-corrected chi connectivity index (χ4v) is 2.76. The van der Waals surface area contributed by atoms with Crippen LogP contribution in [0.1, 0.15) is 25.5 Å². The average Bonchev–Trinajstić information content (AvgIpc) is 2.90. The van der Waals surface area contributed by atoms with Gasteiger partial charge in [-0.2, -0.15) is 13.9 Å². The average molecular weight is 326 g/mol. The van der Waals surface area contributed by atoms with Crippen molar-refractivity contribution in [3.63, 3.8) is 0 Å². The minimum Gasteiger partial charge on any atom is -0.435 e. The van der Waals surface area contributed by atoms with Crippen molar-refractivity contribution in [1.29, 1.82) is 0 Å². The van der Waals surface area contributed by atoms with Gasteiger partial charge >= 0.3 is 6.61 Å². The first kappa shape index (κ1) is 16.1. The van der Waals surface area contributed by atoms with E-state index in [0.717, 1.165) is 42.7 Å². The van der Waals surface area contributed by atoms with Crippen LogP contribution >= 0.6 is 0 Å². The number of alkyl halides is 2. The van der Waals surface area contributed by atoms with Crippen molar-refractivity contribution in [3.8, 4) is 5.75 Å². The number of rotatable bonds is 6. The second-order valence-electron chi connectivity index (χ2n) is 5.39. The third kappa shape index (κ3) is 3.79. The number of hydrogen-bond acceptors (Lipinski definition) is 4. The van der Waals surface area contributed by atoms with Crippen LogP contribution in [0.4, 0.5) is 8.78 Å². The fourth-order valence-electron chi connectivity index (χ4n) is 2.76. The number of aryl methyl sites for hydroxylation is 2. The van der Waals surface area contributed by atoms with Crippen LogP contribution in [0.25, 0.3) is 10.9 Å². The van der Waals surface area contributed by atoms with Crippen LogP contribution in [0, 0.1) is 0 Å².